The van der Waals surface area contributed by atoms with E-state index in [9.17, 15) is 9.59 Å². The molecule has 0 aliphatic heterocycles. The van der Waals surface area contributed by atoms with E-state index in [1.807, 2.05) is 18.2 Å². The van der Waals surface area contributed by atoms with Crippen molar-refractivity contribution in [3.05, 3.63) is 64.6 Å². The van der Waals surface area contributed by atoms with Gasteiger partial charge in [0.15, 0.2) is 11.5 Å². The Hall–Kier alpha value is -3.35. The molecule has 0 aliphatic carbocycles. The highest BCUT2D eigenvalue weighted by Crippen LogP contribution is 2.30. The molecule has 3 aromatic rings. The minimum atomic E-state index is -0.321. The van der Waals surface area contributed by atoms with Gasteiger partial charge in [0.25, 0.3) is 5.56 Å². The molecule has 0 unspecified atom stereocenters. The number of amides is 1. The maximum absolute atomic E-state index is 12.4. The first-order valence-electron chi connectivity index (χ1n) is 8.05. The van der Waals surface area contributed by atoms with Gasteiger partial charge in [-0.2, -0.15) is 0 Å². The van der Waals surface area contributed by atoms with Crippen LogP contribution < -0.4 is 20.3 Å². The number of fused-ring (bicyclic) bond motifs is 1. The van der Waals surface area contributed by atoms with Crippen molar-refractivity contribution in [1.82, 2.24) is 14.9 Å². The van der Waals surface area contributed by atoms with Crippen molar-refractivity contribution in [2.75, 3.05) is 14.2 Å². The van der Waals surface area contributed by atoms with E-state index in [1.165, 1.54) is 10.8 Å². The lowest BCUT2D eigenvalue weighted by Crippen LogP contribution is -2.32. The number of carbonyl (C=O) groups is 1. The van der Waals surface area contributed by atoms with Crippen LogP contribution in [-0.4, -0.2) is 29.7 Å². The third-order valence-corrected chi connectivity index (χ3v) is 4.01. The van der Waals surface area contributed by atoms with Crippen LogP contribution in [0.15, 0.2) is 53.5 Å². The van der Waals surface area contributed by atoms with Gasteiger partial charge in [0.05, 0.1) is 31.4 Å². The molecule has 1 heterocycles. The number of rotatable bonds is 6. The number of methoxy groups -OCH3 is 2. The summed E-state index contributed by atoms with van der Waals surface area (Å²) in [7, 11) is 3.10. The molecule has 0 radical (unpaired) electrons. The molecule has 0 bridgehead atoms. The van der Waals surface area contributed by atoms with Crippen LogP contribution in [0.2, 0.25) is 0 Å². The Morgan fingerprint density at radius 2 is 1.92 bits per heavy atom. The van der Waals surface area contributed by atoms with Gasteiger partial charge in [0, 0.05) is 12.1 Å². The summed E-state index contributed by atoms with van der Waals surface area (Å²) in [6.07, 6.45) is 1.22. The lowest BCUT2D eigenvalue weighted by atomic mass is 10.2. The number of nitrogens with one attached hydrogen (secondary N) is 1. The average molecular weight is 353 g/mol. The number of benzene rings is 2. The van der Waals surface area contributed by atoms with Crippen LogP contribution in [0.5, 0.6) is 11.5 Å². The fourth-order valence-electron chi connectivity index (χ4n) is 2.76. The number of hydrogen-bond donors (Lipinski definition) is 1. The Kier molecular flexibility index (Phi) is 5.17. The van der Waals surface area contributed by atoms with E-state index < -0.39 is 0 Å². The summed E-state index contributed by atoms with van der Waals surface area (Å²) in [6, 6.07) is 12.6. The van der Waals surface area contributed by atoms with E-state index in [4.69, 9.17) is 9.47 Å². The summed E-state index contributed by atoms with van der Waals surface area (Å²) in [4.78, 5) is 28.6. The first-order valence-corrected chi connectivity index (χ1v) is 8.05. The number of ether oxygens (including phenoxy) is 2. The van der Waals surface area contributed by atoms with Gasteiger partial charge in [-0.25, -0.2) is 4.98 Å². The fourth-order valence-corrected chi connectivity index (χ4v) is 2.76. The van der Waals surface area contributed by atoms with Crippen molar-refractivity contribution >= 4 is 16.9 Å². The third kappa shape index (κ3) is 3.51. The number of carbonyl (C=O) groups excluding carboxylic acids is 1. The summed E-state index contributed by atoms with van der Waals surface area (Å²) in [5.74, 6) is 0.880. The van der Waals surface area contributed by atoms with Crippen molar-refractivity contribution in [1.29, 1.82) is 0 Å². The molecule has 3 rings (SSSR count). The third-order valence-electron chi connectivity index (χ3n) is 4.01. The summed E-state index contributed by atoms with van der Waals surface area (Å²) in [6.45, 7) is 0.172. The Morgan fingerprint density at radius 1 is 1.12 bits per heavy atom. The summed E-state index contributed by atoms with van der Waals surface area (Å²) < 4.78 is 12.0. The number of para-hydroxylation sites is 3. The zero-order valence-corrected chi connectivity index (χ0v) is 14.6. The van der Waals surface area contributed by atoms with Crippen LogP contribution in [0, 0.1) is 0 Å². The van der Waals surface area contributed by atoms with Crippen LogP contribution in [0.4, 0.5) is 0 Å². The largest absolute Gasteiger partial charge is 0.493 e. The second-order valence-corrected chi connectivity index (χ2v) is 5.60. The standard InChI is InChI=1S/C19H19N3O4/c1-25-16-9-5-6-13(19(16)26-2)10-21-17(23)12-22-15-8-4-3-7-14(15)20-11-18(22)24/h3-9,11H,10,12H2,1-2H3,(H,21,23). The smallest absolute Gasteiger partial charge is 0.269 e. The predicted octanol–water partition coefficient (Wildman–Crippen LogP) is 1.73. The maximum atomic E-state index is 12.4. The van der Waals surface area contributed by atoms with Gasteiger partial charge in [-0.3, -0.25) is 14.2 Å². The molecule has 7 nitrogen and oxygen atoms in total. The molecule has 0 saturated carbocycles. The zero-order valence-electron chi connectivity index (χ0n) is 14.6. The minimum Gasteiger partial charge on any atom is -0.493 e. The highest BCUT2D eigenvalue weighted by atomic mass is 16.5. The van der Waals surface area contributed by atoms with Crippen LogP contribution in [0.25, 0.3) is 11.0 Å². The van der Waals surface area contributed by atoms with E-state index in [0.717, 1.165) is 5.56 Å². The van der Waals surface area contributed by atoms with Gasteiger partial charge >= 0.3 is 0 Å². The van der Waals surface area contributed by atoms with Gasteiger partial charge in [-0.1, -0.05) is 24.3 Å². The molecule has 134 valence electrons. The van der Waals surface area contributed by atoms with Crippen molar-refractivity contribution in [2.45, 2.75) is 13.1 Å². The van der Waals surface area contributed by atoms with Gasteiger partial charge in [0.2, 0.25) is 5.91 Å². The van der Waals surface area contributed by atoms with Crippen molar-refractivity contribution in [2.24, 2.45) is 0 Å². The second kappa shape index (κ2) is 7.69. The average Bonchev–Trinajstić information content (AvgIpc) is 2.68. The van der Waals surface area contributed by atoms with Crippen LogP contribution in [0.3, 0.4) is 0 Å². The molecule has 0 spiro atoms. The van der Waals surface area contributed by atoms with Gasteiger partial charge in [-0.15, -0.1) is 0 Å². The minimum absolute atomic E-state index is 0.0891. The molecule has 0 fully saturated rings. The highest BCUT2D eigenvalue weighted by Gasteiger charge is 2.12. The molecule has 1 aromatic heterocycles. The predicted molar refractivity (Wildman–Crippen MR) is 97.4 cm³/mol. The molecule has 0 saturated heterocycles. The van der Waals surface area contributed by atoms with Crippen LogP contribution >= 0.6 is 0 Å². The molecule has 7 heteroatoms. The Balaban J connectivity index is 1.77. The first kappa shape index (κ1) is 17.5. The lowest BCUT2D eigenvalue weighted by molar-refractivity contribution is -0.121. The molecule has 0 aliphatic rings. The Labute approximate surface area is 150 Å². The van der Waals surface area contributed by atoms with E-state index >= 15 is 0 Å². The maximum Gasteiger partial charge on any atom is 0.269 e. The number of hydrogen-bond acceptors (Lipinski definition) is 5. The highest BCUT2D eigenvalue weighted by molar-refractivity contribution is 5.80. The second-order valence-electron chi connectivity index (χ2n) is 5.60. The van der Waals surface area contributed by atoms with E-state index in [0.29, 0.717) is 22.5 Å². The summed E-state index contributed by atoms with van der Waals surface area (Å²) >= 11 is 0. The fraction of sp³-hybridized carbons (Fsp3) is 0.211. The summed E-state index contributed by atoms with van der Waals surface area (Å²) in [5, 5.41) is 2.81. The first-order chi connectivity index (χ1) is 12.6. The quantitative estimate of drug-likeness (QED) is 0.730. The molecule has 26 heavy (non-hydrogen) atoms. The molecular weight excluding hydrogens is 334 g/mol. The normalized spacial score (nSPS) is 10.5. The van der Waals surface area contributed by atoms with Crippen molar-refractivity contribution in [3.8, 4) is 11.5 Å². The SMILES string of the molecule is COc1cccc(CNC(=O)Cn2c(=O)cnc3ccccc32)c1OC. The summed E-state index contributed by atoms with van der Waals surface area (Å²) in [5.41, 5.74) is 1.74. The van der Waals surface area contributed by atoms with Gasteiger partial charge in [0.1, 0.15) is 6.54 Å². The Morgan fingerprint density at radius 3 is 2.69 bits per heavy atom. The molecule has 0 atom stereocenters. The van der Waals surface area contributed by atoms with Gasteiger partial charge < -0.3 is 14.8 Å². The molecule has 1 N–H and O–H groups in total. The molecular formula is C19H19N3O4. The van der Waals surface area contributed by atoms with Crippen LogP contribution in [0.1, 0.15) is 5.56 Å². The van der Waals surface area contributed by atoms with Crippen LogP contribution in [-0.2, 0) is 17.9 Å². The number of aromatic nitrogens is 2. The lowest BCUT2D eigenvalue weighted by Gasteiger charge is -2.14. The molecule has 2 aromatic carbocycles. The zero-order chi connectivity index (χ0) is 18.5. The van der Waals surface area contributed by atoms with E-state index in [1.54, 1.807) is 38.5 Å². The van der Waals surface area contributed by atoms with Crippen molar-refractivity contribution < 1.29 is 14.3 Å². The van der Waals surface area contributed by atoms with Gasteiger partial charge in [-0.05, 0) is 18.2 Å². The topological polar surface area (TPSA) is 82.5 Å². The van der Waals surface area contributed by atoms with E-state index in [2.05, 4.69) is 10.3 Å². The Bertz CT molecular complexity index is 997. The monoisotopic (exact) mass is 353 g/mol. The number of nitrogens with zero attached hydrogens (tertiary/aromatic N) is 2. The van der Waals surface area contributed by atoms with E-state index in [-0.39, 0.29) is 24.6 Å². The molecule has 1 amide bonds. The van der Waals surface area contributed by atoms with Crippen molar-refractivity contribution in [3.63, 3.8) is 0 Å².